The first kappa shape index (κ1) is 10.3. The first-order valence-electron chi connectivity index (χ1n) is 4.65. The van der Waals surface area contributed by atoms with Crippen molar-refractivity contribution in [1.29, 1.82) is 0 Å². The van der Waals surface area contributed by atoms with E-state index in [4.69, 9.17) is 21.8 Å². The summed E-state index contributed by atoms with van der Waals surface area (Å²) in [6, 6.07) is 0. The SMILES string of the molecule is COn1cc(C(=S)N2CCOCC2)nn1. The standard InChI is InChI=1S/C8H12N4O2S/c1-13-12-6-7(9-10-12)8(15)11-2-4-14-5-3-11/h6H,2-5H2,1H3. The van der Waals surface area contributed by atoms with Crippen LogP contribution in [0.1, 0.15) is 5.69 Å². The van der Waals surface area contributed by atoms with Crippen LogP contribution in [0.25, 0.3) is 0 Å². The van der Waals surface area contributed by atoms with Crippen molar-refractivity contribution in [3.05, 3.63) is 11.9 Å². The molecule has 0 radical (unpaired) electrons. The highest BCUT2D eigenvalue weighted by Crippen LogP contribution is 2.05. The van der Waals surface area contributed by atoms with Crippen LogP contribution < -0.4 is 4.84 Å². The van der Waals surface area contributed by atoms with Gasteiger partial charge in [0.25, 0.3) is 0 Å². The van der Waals surface area contributed by atoms with E-state index in [1.54, 1.807) is 6.20 Å². The highest BCUT2D eigenvalue weighted by molar-refractivity contribution is 7.80. The van der Waals surface area contributed by atoms with E-state index < -0.39 is 0 Å². The van der Waals surface area contributed by atoms with Gasteiger partial charge in [-0.15, -0.1) is 5.10 Å². The molecule has 1 aliphatic heterocycles. The van der Waals surface area contributed by atoms with Gasteiger partial charge in [0.2, 0.25) is 0 Å². The van der Waals surface area contributed by atoms with E-state index in [0.717, 1.165) is 13.1 Å². The predicted molar refractivity (Wildman–Crippen MR) is 56.6 cm³/mol. The molecule has 1 saturated heterocycles. The van der Waals surface area contributed by atoms with Gasteiger partial charge in [0, 0.05) is 13.1 Å². The van der Waals surface area contributed by atoms with Gasteiger partial charge in [0.05, 0.1) is 19.4 Å². The lowest BCUT2D eigenvalue weighted by Crippen LogP contribution is -2.40. The zero-order valence-electron chi connectivity index (χ0n) is 8.42. The molecule has 6 nitrogen and oxygen atoms in total. The summed E-state index contributed by atoms with van der Waals surface area (Å²) in [4.78, 5) is 8.91. The molecular weight excluding hydrogens is 216 g/mol. The van der Waals surface area contributed by atoms with Gasteiger partial charge < -0.3 is 14.5 Å². The second kappa shape index (κ2) is 4.54. The number of rotatable bonds is 2. The van der Waals surface area contributed by atoms with Crippen molar-refractivity contribution in [2.24, 2.45) is 0 Å². The van der Waals surface area contributed by atoms with Crippen molar-refractivity contribution < 1.29 is 9.57 Å². The Kier molecular flexibility index (Phi) is 3.12. The maximum absolute atomic E-state index is 5.30. The third kappa shape index (κ3) is 2.24. The average Bonchev–Trinajstić information content (AvgIpc) is 2.78. The lowest BCUT2D eigenvalue weighted by molar-refractivity contribution is 0.0692. The van der Waals surface area contributed by atoms with E-state index in [1.807, 2.05) is 0 Å². The summed E-state index contributed by atoms with van der Waals surface area (Å²) in [7, 11) is 1.52. The van der Waals surface area contributed by atoms with Gasteiger partial charge in [-0.3, -0.25) is 0 Å². The van der Waals surface area contributed by atoms with E-state index >= 15 is 0 Å². The third-order valence-corrected chi connectivity index (χ3v) is 2.65. The van der Waals surface area contributed by atoms with Crippen molar-refractivity contribution >= 4 is 17.2 Å². The summed E-state index contributed by atoms with van der Waals surface area (Å²) < 4.78 is 5.24. The molecule has 1 aliphatic rings. The number of ether oxygens (including phenoxy) is 1. The van der Waals surface area contributed by atoms with Crippen LogP contribution in [0.5, 0.6) is 0 Å². The molecule has 82 valence electrons. The lowest BCUT2D eigenvalue weighted by atomic mass is 10.3. The second-order valence-electron chi connectivity index (χ2n) is 3.09. The molecule has 0 aromatic carbocycles. The number of hydrogen-bond acceptors (Lipinski definition) is 5. The van der Waals surface area contributed by atoms with Crippen molar-refractivity contribution in [2.45, 2.75) is 0 Å². The molecule has 2 heterocycles. The molecule has 0 bridgehead atoms. The summed E-state index contributed by atoms with van der Waals surface area (Å²) in [6.45, 7) is 3.02. The molecule has 0 atom stereocenters. The number of aromatic nitrogens is 3. The normalized spacial score (nSPS) is 16.5. The number of morpholine rings is 1. The molecule has 0 amide bonds. The molecule has 7 heteroatoms. The maximum atomic E-state index is 5.30. The Labute approximate surface area is 92.7 Å². The van der Waals surface area contributed by atoms with Gasteiger partial charge in [-0.05, 0) is 5.21 Å². The van der Waals surface area contributed by atoms with Crippen molar-refractivity contribution in [3.8, 4) is 0 Å². The first-order valence-corrected chi connectivity index (χ1v) is 5.06. The Hall–Kier alpha value is -1.21. The Bertz CT molecular complexity index is 348. The third-order valence-electron chi connectivity index (χ3n) is 2.18. The van der Waals surface area contributed by atoms with Crippen LogP contribution in [0.15, 0.2) is 6.20 Å². The molecule has 1 aromatic rings. The minimum absolute atomic E-state index is 0.661. The fourth-order valence-electron chi connectivity index (χ4n) is 1.36. The van der Waals surface area contributed by atoms with Gasteiger partial charge in [-0.25, -0.2) is 0 Å². The second-order valence-corrected chi connectivity index (χ2v) is 3.48. The maximum Gasteiger partial charge on any atom is 0.144 e. The Morgan fingerprint density at radius 3 is 2.87 bits per heavy atom. The predicted octanol–water partition coefficient (Wildman–Crippen LogP) is -0.656. The summed E-state index contributed by atoms with van der Waals surface area (Å²) in [6.07, 6.45) is 1.66. The smallest absolute Gasteiger partial charge is 0.144 e. The molecule has 1 aromatic heterocycles. The van der Waals surface area contributed by atoms with Crippen LogP contribution in [0.4, 0.5) is 0 Å². The zero-order chi connectivity index (χ0) is 10.7. The quantitative estimate of drug-likeness (QED) is 0.627. The van der Waals surface area contributed by atoms with Crippen LogP contribution in [0.2, 0.25) is 0 Å². The molecule has 0 saturated carbocycles. The van der Waals surface area contributed by atoms with Gasteiger partial charge in [-0.1, -0.05) is 17.1 Å². The van der Waals surface area contributed by atoms with Gasteiger partial charge >= 0.3 is 0 Å². The summed E-state index contributed by atoms with van der Waals surface area (Å²) in [5.41, 5.74) is 0.661. The fraction of sp³-hybridized carbons (Fsp3) is 0.625. The van der Waals surface area contributed by atoms with Crippen LogP contribution in [-0.4, -0.2) is 58.5 Å². The fourth-order valence-corrected chi connectivity index (χ4v) is 1.64. The molecule has 0 unspecified atom stereocenters. The zero-order valence-corrected chi connectivity index (χ0v) is 9.24. The molecule has 1 fully saturated rings. The van der Waals surface area contributed by atoms with Crippen molar-refractivity contribution in [3.63, 3.8) is 0 Å². The van der Waals surface area contributed by atoms with Gasteiger partial charge in [-0.2, -0.15) is 0 Å². The van der Waals surface area contributed by atoms with Gasteiger partial charge in [0.1, 0.15) is 17.8 Å². The van der Waals surface area contributed by atoms with E-state index in [9.17, 15) is 0 Å². The van der Waals surface area contributed by atoms with Gasteiger partial charge in [0.15, 0.2) is 0 Å². The number of hydrogen-bond donors (Lipinski definition) is 0. The first-order chi connectivity index (χ1) is 7.31. The molecule has 0 spiro atoms. The summed E-state index contributed by atoms with van der Waals surface area (Å²) in [5, 5.41) is 7.68. The highest BCUT2D eigenvalue weighted by Gasteiger charge is 2.17. The highest BCUT2D eigenvalue weighted by atomic mass is 32.1. The Morgan fingerprint density at radius 2 is 2.27 bits per heavy atom. The summed E-state index contributed by atoms with van der Waals surface area (Å²) >= 11 is 5.30. The minimum Gasteiger partial charge on any atom is -0.399 e. The lowest BCUT2D eigenvalue weighted by Gasteiger charge is -2.27. The van der Waals surface area contributed by atoms with Crippen LogP contribution in [0, 0.1) is 0 Å². The van der Waals surface area contributed by atoms with Crippen molar-refractivity contribution in [1.82, 2.24) is 20.1 Å². The topological polar surface area (TPSA) is 52.4 Å². The van der Waals surface area contributed by atoms with Crippen LogP contribution in [-0.2, 0) is 4.74 Å². The minimum atomic E-state index is 0.661. The monoisotopic (exact) mass is 228 g/mol. The van der Waals surface area contributed by atoms with E-state index in [-0.39, 0.29) is 0 Å². The number of thiocarbonyl (C=S) groups is 1. The van der Waals surface area contributed by atoms with E-state index in [1.165, 1.54) is 12.0 Å². The van der Waals surface area contributed by atoms with Crippen LogP contribution in [0.3, 0.4) is 0 Å². The Morgan fingerprint density at radius 1 is 1.53 bits per heavy atom. The summed E-state index contributed by atoms with van der Waals surface area (Å²) in [5.74, 6) is 0. The number of nitrogens with zero attached hydrogens (tertiary/aromatic N) is 4. The molecule has 0 aliphatic carbocycles. The van der Waals surface area contributed by atoms with E-state index in [0.29, 0.717) is 23.9 Å². The molecule has 15 heavy (non-hydrogen) atoms. The Balaban J connectivity index is 2.05. The average molecular weight is 228 g/mol. The molecular formula is C8H12N4O2S. The molecule has 2 rings (SSSR count). The van der Waals surface area contributed by atoms with Crippen LogP contribution >= 0.6 is 12.2 Å². The molecule has 0 N–H and O–H groups in total. The van der Waals surface area contributed by atoms with Crippen molar-refractivity contribution in [2.75, 3.05) is 33.4 Å². The van der Waals surface area contributed by atoms with E-state index in [2.05, 4.69) is 15.2 Å². The largest absolute Gasteiger partial charge is 0.399 e.